The number of carbonyl (C=O) groups is 2. The van der Waals surface area contributed by atoms with Crippen molar-refractivity contribution in [3.63, 3.8) is 0 Å². The molecule has 7 heteroatoms. The van der Waals surface area contributed by atoms with Gasteiger partial charge in [-0.05, 0) is 50.6 Å². The van der Waals surface area contributed by atoms with E-state index < -0.39 is 6.04 Å². The molecule has 3 aromatic rings. The van der Waals surface area contributed by atoms with Crippen LogP contribution in [-0.4, -0.2) is 28.2 Å². The van der Waals surface area contributed by atoms with Crippen molar-refractivity contribution in [3.8, 4) is 16.9 Å². The van der Waals surface area contributed by atoms with Crippen molar-refractivity contribution >= 4 is 23.3 Å². The van der Waals surface area contributed by atoms with Gasteiger partial charge in [-0.15, -0.1) is 0 Å². The number of aromatic nitrogens is 2. The van der Waals surface area contributed by atoms with Gasteiger partial charge in [-0.25, -0.2) is 4.68 Å². The fourth-order valence-corrected chi connectivity index (χ4v) is 3.64. The number of benzene rings is 2. The predicted octanol–water partition coefficient (Wildman–Crippen LogP) is 4.09. The molecule has 0 spiro atoms. The lowest BCUT2D eigenvalue weighted by molar-refractivity contribution is -0.123. The summed E-state index contributed by atoms with van der Waals surface area (Å²) in [5.74, 6) is 0.899. The SMILES string of the molecule is CCOc1ccc(NC(=O)CC2C(=O)Nc3c(-c4ccc(C)cc4)c(C)nn32)cc1. The van der Waals surface area contributed by atoms with Crippen molar-refractivity contribution in [2.45, 2.75) is 33.2 Å². The van der Waals surface area contributed by atoms with Gasteiger partial charge in [-0.2, -0.15) is 5.10 Å². The van der Waals surface area contributed by atoms with E-state index in [9.17, 15) is 9.59 Å². The van der Waals surface area contributed by atoms with E-state index in [4.69, 9.17) is 4.74 Å². The first-order valence-corrected chi connectivity index (χ1v) is 9.96. The van der Waals surface area contributed by atoms with Gasteiger partial charge in [-0.3, -0.25) is 9.59 Å². The van der Waals surface area contributed by atoms with Gasteiger partial charge in [0.05, 0.1) is 18.7 Å². The van der Waals surface area contributed by atoms with E-state index in [1.54, 1.807) is 28.9 Å². The Balaban J connectivity index is 1.51. The van der Waals surface area contributed by atoms with Crippen LogP contribution in [0.1, 0.15) is 30.6 Å². The van der Waals surface area contributed by atoms with Crippen LogP contribution in [0.3, 0.4) is 0 Å². The quantitative estimate of drug-likeness (QED) is 0.648. The molecule has 154 valence electrons. The van der Waals surface area contributed by atoms with Crippen LogP contribution >= 0.6 is 0 Å². The Hall–Kier alpha value is -3.61. The van der Waals surface area contributed by atoms with E-state index in [1.165, 1.54) is 0 Å². The molecular weight excluding hydrogens is 380 g/mol. The lowest BCUT2D eigenvalue weighted by atomic mass is 10.0. The minimum absolute atomic E-state index is 0.000499. The predicted molar refractivity (Wildman–Crippen MR) is 116 cm³/mol. The number of ether oxygens (including phenoxy) is 1. The summed E-state index contributed by atoms with van der Waals surface area (Å²) in [4.78, 5) is 25.1. The van der Waals surface area contributed by atoms with Crippen molar-refractivity contribution in [2.75, 3.05) is 17.2 Å². The number of nitrogens with zero attached hydrogens (tertiary/aromatic N) is 2. The summed E-state index contributed by atoms with van der Waals surface area (Å²) in [6, 6.07) is 14.5. The molecule has 1 atom stereocenters. The number of carbonyl (C=O) groups excluding carboxylic acids is 2. The highest BCUT2D eigenvalue weighted by Gasteiger charge is 2.36. The van der Waals surface area contributed by atoms with Crippen LogP contribution < -0.4 is 15.4 Å². The molecule has 0 bridgehead atoms. The fraction of sp³-hybridized carbons (Fsp3) is 0.261. The second-order valence-corrected chi connectivity index (χ2v) is 7.33. The van der Waals surface area contributed by atoms with Crippen LogP contribution in [0.25, 0.3) is 11.1 Å². The zero-order chi connectivity index (χ0) is 21.3. The van der Waals surface area contributed by atoms with Crippen molar-refractivity contribution in [1.29, 1.82) is 0 Å². The van der Waals surface area contributed by atoms with Crippen LogP contribution in [0.5, 0.6) is 5.75 Å². The molecule has 7 nitrogen and oxygen atoms in total. The molecule has 1 unspecified atom stereocenters. The minimum Gasteiger partial charge on any atom is -0.494 e. The van der Waals surface area contributed by atoms with Gasteiger partial charge in [-0.1, -0.05) is 29.8 Å². The third-order valence-electron chi connectivity index (χ3n) is 5.09. The van der Waals surface area contributed by atoms with Crippen molar-refractivity contribution in [2.24, 2.45) is 0 Å². The zero-order valence-electron chi connectivity index (χ0n) is 17.2. The number of aryl methyl sites for hydroxylation is 2. The van der Waals surface area contributed by atoms with Crippen molar-refractivity contribution in [1.82, 2.24) is 9.78 Å². The summed E-state index contributed by atoms with van der Waals surface area (Å²) in [6.45, 7) is 6.43. The number of nitrogens with one attached hydrogen (secondary N) is 2. The van der Waals surface area contributed by atoms with E-state index in [0.717, 1.165) is 28.1 Å². The molecule has 4 rings (SSSR count). The van der Waals surface area contributed by atoms with E-state index in [2.05, 4.69) is 15.7 Å². The largest absolute Gasteiger partial charge is 0.494 e. The van der Waals surface area contributed by atoms with Gasteiger partial charge >= 0.3 is 0 Å². The summed E-state index contributed by atoms with van der Waals surface area (Å²) >= 11 is 0. The fourth-order valence-electron chi connectivity index (χ4n) is 3.64. The third-order valence-corrected chi connectivity index (χ3v) is 5.09. The molecule has 30 heavy (non-hydrogen) atoms. The smallest absolute Gasteiger partial charge is 0.251 e. The number of anilines is 2. The molecule has 0 saturated carbocycles. The maximum absolute atomic E-state index is 12.6. The van der Waals surface area contributed by atoms with Crippen LogP contribution in [-0.2, 0) is 9.59 Å². The average molecular weight is 404 g/mol. The van der Waals surface area contributed by atoms with Crippen LogP contribution in [0.2, 0.25) is 0 Å². The van der Waals surface area contributed by atoms with E-state index in [0.29, 0.717) is 18.1 Å². The van der Waals surface area contributed by atoms with E-state index >= 15 is 0 Å². The molecule has 2 amide bonds. The Bertz CT molecular complexity index is 1080. The maximum atomic E-state index is 12.6. The number of hydrogen-bond acceptors (Lipinski definition) is 4. The second-order valence-electron chi connectivity index (χ2n) is 7.33. The summed E-state index contributed by atoms with van der Waals surface area (Å²) in [5, 5.41) is 10.3. The summed E-state index contributed by atoms with van der Waals surface area (Å²) in [6.07, 6.45) is 0.000499. The topological polar surface area (TPSA) is 85.2 Å². The summed E-state index contributed by atoms with van der Waals surface area (Å²) < 4.78 is 7.04. The second kappa shape index (κ2) is 8.02. The number of fused-ring (bicyclic) bond motifs is 1. The van der Waals surface area contributed by atoms with E-state index in [-0.39, 0.29) is 18.2 Å². The summed E-state index contributed by atoms with van der Waals surface area (Å²) in [7, 11) is 0. The first-order valence-electron chi connectivity index (χ1n) is 9.96. The Morgan fingerprint density at radius 1 is 1.13 bits per heavy atom. The third kappa shape index (κ3) is 3.78. The normalized spacial score (nSPS) is 14.9. The standard InChI is InChI=1S/C23H24N4O3/c1-4-30-18-11-9-17(10-12-18)24-20(28)13-19-23(29)25-22-21(15(3)26-27(19)22)16-7-5-14(2)6-8-16/h5-12,19H,4,13H2,1-3H3,(H,24,28)(H,25,29). The average Bonchev–Trinajstić information content (AvgIpc) is 3.18. The number of rotatable bonds is 6. The van der Waals surface area contributed by atoms with Gasteiger partial charge in [0.15, 0.2) is 0 Å². The van der Waals surface area contributed by atoms with Crippen LogP contribution in [0, 0.1) is 13.8 Å². The molecule has 1 aliphatic heterocycles. The van der Waals surface area contributed by atoms with Gasteiger partial charge in [0.2, 0.25) is 5.91 Å². The Morgan fingerprint density at radius 2 is 1.83 bits per heavy atom. The monoisotopic (exact) mass is 404 g/mol. The molecule has 0 fully saturated rings. The lowest BCUT2D eigenvalue weighted by Gasteiger charge is -2.10. The van der Waals surface area contributed by atoms with Gasteiger partial charge in [0, 0.05) is 11.3 Å². The van der Waals surface area contributed by atoms with Crippen molar-refractivity contribution < 1.29 is 14.3 Å². The minimum atomic E-state index is -0.680. The molecule has 2 aromatic carbocycles. The zero-order valence-corrected chi connectivity index (χ0v) is 17.2. The number of hydrogen-bond donors (Lipinski definition) is 2. The molecule has 0 radical (unpaired) electrons. The molecule has 0 aliphatic carbocycles. The molecule has 2 heterocycles. The highest BCUT2D eigenvalue weighted by atomic mass is 16.5. The van der Waals surface area contributed by atoms with Crippen LogP contribution in [0.4, 0.5) is 11.5 Å². The molecule has 0 saturated heterocycles. The Labute approximate surface area is 175 Å². The van der Waals surface area contributed by atoms with Crippen LogP contribution in [0.15, 0.2) is 48.5 Å². The highest BCUT2D eigenvalue weighted by Crippen LogP contribution is 2.38. The summed E-state index contributed by atoms with van der Waals surface area (Å²) in [5.41, 5.74) is 4.50. The molecule has 1 aliphatic rings. The Kier molecular flexibility index (Phi) is 5.27. The van der Waals surface area contributed by atoms with Gasteiger partial charge < -0.3 is 15.4 Å². The maximum Gasteiger partial charge on any atom is 0.251 e. The highest BCUT2D eigenvalue weighted by molar-refractivity contribution is 6.04. The molecule has 2 N–H and O–H groups in total. The molecular formula is C23H24N4O3. The lowest BCUT2D eigenvalue weighted by Crippen LogP contribution is -2.23. The number of amides is 2. The van der Waals surface area contributed by atoms with E-state index in [1.807, 2.05) is 45.0 Å². The van der Waals surface area contributed by atoms with Gasteiger partial charge in [0.25, 0.3) is 5.91 Å². The molecule has 1 aromatic heterocycles. The van der Waals surface area contributed by atoms with Gasteiger partial charge in [0.1, 0.15) is 17.6 Å². The Morgan fingerprint density at radius 3 is 2.50 bits per heavy atom. The first-order chi connectivity index (χ1) is 14.5. The first kappa shape index (κ1) is 19.7. The van der Waals surface area contributed by atoms with Crippen molar-refractivity contribution in [3.05, 3.63) is 59.8 Å².